The van der Waals surface area contributed by atoms with Crippen LogP contribution in [0.25, 0.3) is 11.1 Å². The maximum absolute atomic E-state index is 12.5. The fourth-order valence-electron chi connectivity index (χ4n) is 3.78. The highest BCUT2D eigenvalue weighted by molar-refractivity contribution is 6.27. The zero-order valence-corrected chi connectivity index (χ0v) is 19.7. The number of nitrogens with one attached hydrogen (secondary N) is 2. The van der Waals surface area contributed by atoms with Gasteiger partial charge in [-0.1, -0.05) is 54.6 Å². The van der Waals surface area contributed by atoms with E-state index in [1.165, 1.54) is 0 Å². The van der Waals surface area contributed by atoms with Gasteiger partial charge in [0.2, 0.25) is 11.8 Å². The average Bonchev–Trinajstić information content (AvgIpc) is 2.78. The average molecular weight is 465 g/mol. The largest absolute Gasteiger partial charge is 0.508 e. The van der Waals surface area contributed by atoms with Crippen molar-refractivity contribution in [2.45, 2.75) is 38.8 Å². The van der Waals surface area contributed by atoms with Crippen molar-refractivity contribution in [3.8, 4) is 16.9 Å². The van der Waals surface area contributed by atoms with Crippen LogP contribution in [-0.2, 0) is 29.0 Å². The number of halogens is 1. The molecule has 0 saturated carbocycles. The highest BCUT2D eigenvalue weighted by atomic mass is 35.5. The molecule has 3 aromatic rings. The normalized spacial score (nSPS) is 11.1. The van der Waals surface area contributed by atoms with E-state index in [1.807, 2.05) is 74.5 Å². The van der Waals surface area contributed by atoms with Gasteiger partial charge in [-0.05, 0) is 66.3 Å². The lowest BCUT2D eigenvalue weighted by Crippen LogP contribution is -2.45. The molecule has 3 N–H and O–H groups in total. The third-order valence-electron chi connectivity index (χ3n) is 5.22. The summed E-state index contributed by atoms with van der Waals surface area (Å²) in [5, 5.41) is 15.4. The summed E-state index contributed by atoms with van der Waals surface area (Å²) in [5.41, 5.74) is 4.56. The summed E-state index contributed by atoms with van der Waals surface area (Å²) < 4.78 is 0. The van der Waals surface area contributed by atoms with Gasteiger partial charge < -0.3 is 15.7 Å². The van der Waals surface area contributed by atoms with Crippen molar-refractivity contribution in [1.82, 2.24) is 10.6 Å². The first kappa shape index (κ1) is 24.3. The van der Waals surface area contributed by atoms with Gasteiger partial charge in [0.25, 0.3) is 0 Å². The van der Waals surface area contributed by atoms with E-state index in [0.717, 1.165) is 27.8 Å². The Morgan fingerprint density at radius 1 is 0.848 bits per heavy atom. The molecule has 0 heterocycles. The molecule has 0 aliphatic heterocycles. The van der Waals surface area contributed by atoms with Gasteiger partial charge in [0.05, 0.1) is 6.42 Å². The number of alkyl halides is 1. The van der Waals surface area contributed by atoms with Gasteiger partial charge in [0.1, 0.15) is 11.6 Å². The Morgan fingerprint density at radius 2 is 1.52 bits per heavy atom. The molecule has 0 saturated heterocycles. The summed E-state index contributed by atoms with van der Waals surface area (Å²) in [5.74, 6) is -0.0972. The molecule has 0 aromatic heterocycles. The van der Waals surface area contributed by atoms with Crippen LogP contribution in [0.4, 0.5) is 0 Å². The monoisotopic (exact) mass is 464 g/mol. The lowest BCUT2D eigenvalue weighted by Gasteiger charge is -2.26. The van der Waals surface area contributed by atoms with Crippen LogP contribution in [0.5, 0.6) is 5.75 Å². The molecule has 2 amide bonds. The summed E-state index contributed by atoms with van der Waals surface area (Å²) >= 11 is 5.60. The van der Waals surface area contributed by atoms with Gasteiger partial charge in [-0.3, -0.25) is 9.59 Å². The number of carbonyl (C=O) groups excluding carboxylic acids is 2. The van der Waals surface area contributed by atoms with Crippen LogP contribution in [0, 0.1) is 0 Å². The molecule has 0 unspecified atom stereocenters. The first-order chi connectivity index (χ1) is 15.7. The molecular formula is C27H29ClN2O3. The van der Waals surface area contributed by atoms with Gasteiger partial charge in [0, 0.05) is 12.1 Å². The van der Waals surface area contributed by atoms with Crippen LogP contribution < -0.4 is 10.6 Å². The molecule has 172 valence electrons. The number of rotatable bonds is 9. The Balaban J connectivity index is 1.57. The molecule has 33 heavy (non-hydrogen) atoms. The SMILES string of the molecule is CC(C)(Cc1cccc(CC(=O)NCc2cccc(-c3ccc(O)cc3)c2)c1)NC(=O)CCl. The molecule has 0 radical (unpaired) electrons. The number of amides is 2. The fourth-order valence-corrected chi connectivity index (χ4v) is 3.85. The second-order valence-corrected chi connectivity index (χ2v) is 9.03. The minimum Gasteiger partial charge on any atom is -0.508 e. The quantitative estimate of drug-likeness (QED) is 0.405. The molecule has 5 nitrogen and oxygen atoms in total. The number of phenols is 1. The zero-order chi connectivity index (χ0) is 23.8. The van der Waals surface area contributed by atoms with Crippen LogP contribution in [-0.4, -0.2) is 28.3 Å². The third-order valence-corrected chi connectivity index (χ3v) is 5.46. The smallest absolute Gasteiger partial charge is 0.235 e. The van der Waals surface area contributed by atoms with E-state index in [0.29, 0.717) is 13.0 Å². The van der Waals surface area contributed by atoms with Crippen LogP contribution in [0.3, 0.4) is 0 Å². The van der Waals surface area contributed by atoms with E-state index in [1.54, 1.807) is 12.1 Å². The van der Waals surface area contributed by atoms with Crippen molar-refractivity contribution in [1.29, 1.82) is 0 Å². The molecular weight excluding hydrogens is 436 g/mol. The molecule has 0 bridgehead atoms. The summed E-state index contributed by atoms with van der Waals surface area (Å²) in [6.45, 7) is 4.33. The second-order valence-electron chi connectivity index (χ2n) is 8.76. The van der Waals surface area contributed by atoms with Crippen molar-refractivity contribution < 1.29 is 14.7 Å². The summed E-state index contributed by atoms with van der Waals surface area (Å²) in [7, 11) is 0. The minimum absolute atomic E-state index is 0.0584. The van der Waals surface area contributed by atoms with Crippen LogP contribution in [0.1, 0.15) is 30.5 Å². The lowest BCUT2D eigenvalue weighted by atomic mass is 9.93. The Kier molecular flexibility index (Phi) is 8.12. The van der Waals surface area contributed by atoms with Crippen LogP contribution >= 0.6 is 11.6 Å². The lowest BCUT2D eigenvalue weighted by molar-refractivity contribution is -0.121. The van der Waals surface area contributed by atoms with Crippen molar-refractivity contribution >= 4 is 23.4 Å². The van der Waals surface area contributed by atoms with Gasteiger partial charge >= 0.3 is 0 Å². The molecule has 3 aromatic carbocycles. The first-order valence-corrected chi connectivity index (χ1v) is 11.4. The van der Waals surface area contributed by atoms with Gasteiger partial charge in [-0.15, -0.1) is 11.6 Å². The Labute approximate surface area is 199 Å². The molecule has 0 aliphatic rings. The molecule has 0 spiro atoms. The molecule has 0 fully saturated rings. The zero-order valence-electron chi connectivity index (χ0n) is 18.9. The summed E-state index contributed by atoms with van der Waals surface area (Å²) in [6.07, 6.45) is 0.912. The molecule has 6 heteroatoms. The maximum Gasteiger partial charge on any atom is 0.235 e. The Morgan fingerprint density at radius 3 is 2.24 bits per heavy atom. The molecule has 3 rings (SSSR count). The van der Waals surface area contributed by atoms with E-state index < -0.39 is 5.54 Å². The topological polar surface area (TPSA) is 78.4 Å². The number of aromatic hydroxyl groups is 1. The van der Waals surface area contributed by atoms with Gasteiger partial charge in [0.15, 0.2) is 0 Å². The molecule has 0 atom stereocenters. The summed E-state index contributed by atoms with van der Waals surface area (Å²) in [6, 6.07) is 22.9. The van der Waals surface area contributed by atoms with Crippen LogP contribution in [0.15, 0.2) is 72.8 Å². The predicted octanol–water partition coefficient (Wildman–Crippen LogP) is 4.59. The number of carbonyl (C=O) groups is 2. The second kappa shape index (κ2) is 11.0. The number of phenolic OH excluding ortho intramolecular Hbond substituents is 1. The van der Waals surface area contributed by atoms with E-state index in [4.69, 9.17) is 11.6 Å². The highest BCUT2D eigenvalue weighted by Crippen LogP contribution is 2.23. The van der Waals surface area contributed by atoms with E-state index in [-0.39, 0.29) is 29.9 Å². The first-order valence-electron chi connectivity index (χ1n) is 10.8. The van der Waals surface area contributed by atoms with Crippen molar-refractivity contribution in [3.05, 3.63) is 89.5 Å². The number of hydrogen-bond donors (Lipinski definition) is 3. The van der Waals surface area contributed by atoms with Crippen LogP contribution in [0.2, 0.25) is 0 Å². The van der Waals surface area contributed by atoms with Crippen molar-refractivity contribution in [2.75, 3.05) is 5.88 Å². The van der Waals surface area contributed by atoms with Gasteiger partial charge in [-0.25, -0.2) is 0 Å². The summed E-state index contributed by atoms with van der Waals surface area (Å²) in [4.78, 5) is 24.2. The highest BCUT2D eigenvalue weighted by Gasteiger charge is 2.20. The van der Waals surface area contributed by atoms with Gasteiger partial charge in [-0.2, -0.15) is 0 Å². The maximum atomic E-state index is 12.5. The van der Waals surface area contributed by atoms with E-state index >= 15 is 0 Å². The standard InChI is InChI=1S/C27H29ClN2O3/c1-27(2,30-26(33)17-28)16-20-6-3-5-19(13-20)15-25(32)29-18-21-7-4-8-23(14-21)22-9-11-24(31)12-10-22/h3-14,31H,15-18H2,1-2H3,(H,29,32)(H,30,33). The van der Waals surface area contributed by atoms with E-state index in [9.17, 15) is 14.7 Å². The predicted molar refractivity (Wildman–Crippen MR) is 132 cm³/mol. The van der Waals surface area contributed by atoms with Crippen molar-refractivity contribution in [3.63, 3.8) is 0 Å². The number of hydrogen-bond acceptors (Lipinski definition) is 3. The third kappa shape index (κ3) is 7.65. The Hall–Kier alpha value is -3.31. The fraction of sp³-hybridized carbons (Fsp3) is 0.259. The minimum atomic E-state index is -0.435. The molecule has 0 aliphatic carbocycles. The Bertz CT molecular complexity index is 1110. The van der Waals surface area contributed by atoms with E-state index in [2.05, 4.69) is 10.6 Å². The van der Waals surface area contributed by atoms with Crippen molar-refractivity contribution in [2.24, 2.45) is 0 Å². The number of benzene rings is 3.